The fraction of sp³-hybridized carbons (Fsp3) is 0.133. The van der Waals surface area contributed by atoms with E-state index in [2.05, 4.69) is 20.8 Å². The summed E-state index contributed by atoms with van der Waals surface area (Å²) in [6.45, 7) is 1.56. The molecule has 3 aromatic rings. The van der Waals surface area contributed by atoms with Crippen molar-refractivity contribution in [1.82, 2.24) is 10.1 Å². The van der Waals surface area contributed by atoms with Crippen LogP contribution in [0.25, 0.3) is 11.1 Å². The zero-order chi connectivity index (χ0) is 18.2. The summed E-state index contributed by atoms with van der Waals surface area (Å²) in [5.74, 6) is -0.140. The highest BCUT2D eigenvalue weighted by Crippen LogP contribution is 2.31. The summed E-state index contributed by atoms with van der Waals surface area (Å²) in [7, 11) is 0. The van der Waals surface area contributed by atoms with Crippen molar-refractivity contribution in [2.45, 2.75) is 13.1 Å². The zero-order valence-electron chi connectivity index (χ0n) is 12.7. The van der Waals surface area contributed by atoms with Crippen molar-refractivity contribution in [2.24, 2.45) is 0 Å². The molecule has 0 aliphatic carbocycles. The van der Waals surface area contributed by atoms with Crippen LogP contribution in [0.2, 0.25) is 0 Å². The van der Waals surface area contributed by atoms with Crippen molar-refractivity contribution in [3.8, 4) is 5.75 Å². The molecule has 2 amide bonds. The molecule has 25 heavy (non-hydrogen) atoms. The van der Waals surface area contributed by atoms with Crippen molar-refractivity contribution >= 4 is 28.6 Å². The summed E-state index contributed by atoms with van der Waals surface area (Å²) in [5.41, 5.74) is -0.507. The second-order valence-electron chi connectivity index (χ2n) is 5.13. The normalized spacial score (nSPS) is 11.5. The Hall–Kier alpha value is -3.30. The minimum absolute atomic E-state index is 0.0257. The quantitative estimate of drug-likeness (QED) is 0.649. The number of rotatable bonds is 2. The third-order valence-corrected chi connectivity index (χ3v) is 3.31. The fourth-order valence-corrected chi connectivity index (χ4v) is 2.08. The topological polar surface area (TPSA) is 100 Å². The molecule has 0 saturated carbocycles. The highest BCUT2D eigenvalue weighted by atomic mass is 19.4. The predicted octanol–water partition coefficient (Wildman–Crippen LogP) is 3.90. The molecule has 2 aromatic heterocycles. The van der Waals surface area contributed by atoms with Crippen LogP contribution in [0.5, 0.6) is 5.75 Å². The van der Waals surface area contributed by atoms with Crippen molar-refractivity contribution in [3.63, 3.8) is 0 Å². The number of fused-ring (bicyclic) bond motifs is 1. The van der Waals surface area contributed by atoms with Gasteiger partial charge in [-0.25, -0.2) is 9.78 Å². The molecule has 0 unspecified atom stereocenters. The number of urea groups is 1. The maximum atomic E-state index is 12.7. The first-order chi connectivity index (χ1) is 11.7. The van der Waals surface area contributed by atoms with Crippen molar-refractivity contribution in [3.05, 3.63) is 41.6 Å². The van der Waals surface area contributed by atoms with Gasteiger partial charge < -0.3 is 14.9 Å². The number of nitrogens with zero attached hydrogens (tertiary/aromatic N) is 2. The molecule has 0 fully saturated rings. The van der Waals surface area contributed by atoms with Gasteiger partial charge in [-0.3, -0.25) is 5.32 Å². The Labute approximate surface area is 138 Å². The van der Waals surface area contributed by atoms with E-state index in [-0.39, 0.29) is 28.4 Å². The number of aromatic nitrogens is 2. The number of aromatic hydroxyl groups is 1. The number of hydrogen-bond acceptors (Lipinski definition) is 5. The smallest absolute Gasteiger partial charge is 0.416 e. The monoisotopic (exact) mass is 352 g/mol. The molecule has 0 bridgehead atoms. The Morgan fingerprint density at radius 3 is 2.72 bits per heavy atom. The maximum Gasteiger partial charge on any atom is 0.416 e. The van der Waals surface area contributed by atoms with E-state index in [0.717, 1.165) is 12.1 Å². The molecule has 0 spiro atoms. The first-order valence-electron chi connectivity index (χ1n) is 6.95. The van der Waals surface area contributed by atoms with E-state index in [9.17, 15) is 23.1 Å². The van der Waals surface area contributed by atoms with Gasteiger partial charge >= 0.3 is 12.2 Å². The van der Waals surface area contributed by atoms with Crippen LogP contribution in [0.4, 0.5) is 29.5 Å². The summed E-state index contributed by atoms with van der Waals surface area (Å²) >= 11 is 0. The van der Waals surface area contributed by atoms with Gasteiger partial charge in [-0.15, -0.1) is 0 Å². The van der Waals surface area contributed by atoms with E-state index < -0.39 is 17.8 Å². The number of benzene rings is 1. The molecule has 3 rings (SSSR count). The van der Waals surface area contributed by atoms with Gasteiger partial charge in [0.15, 0.2) is 5.82 Å². The number of pyridine rings is 1. The summed E-state index contributed by atoms with van der Waals surface area (Å²) < 4.78 is 43.0. The molecule has 3 N–H and O–H groups in total. The Kier molecular flexibility index (Phi) is 3.95. The highest BCUT2D eigenvalue weighted by molar-refractivity contribution is 6.03. The van der Waals surface area contributed by atoms with Crippen LogP contribution in [0.3, 0.4) is 0 Å². The van der Waals surface area contributed by atoms with E-state index in [0.29, 0.717) is 5.69 Å². The Balaban J connectivity index is 1.78. The van der Waals surface area contributed by atoms with E-state index in [4.69, 9.17) is 4.52 Å². The van der Waals surface area contributed by atoms with Crippen molar-refractivity contribution in [2.75, 3.05) is 10.6 Å². The van der Waals surface area contributed by atoms with E-state index in [1.807, 2.05) is 0 Å². The molecule has 0 aliphatic rings. The Morgan fingerprint density at radius 2 is 2.00 bits per heavy atom. The number of halogens is 3. The molecular formula is C15H11F3N4O3. The summed E-state index contributed by atoms with van der Waals surface area (Å²) in [6.07, 6.45) is -4.52. The molecule has 10 heteroatoms. The van der Waals surface area contributed by atoms with Crippen LogP contribution >= 0.6 is 0 Å². The SMILES string of the molecule is Cc1nc2onc(NC(=O)Nc3cccc(C(F)(F)F)c3)c2cc1O. The lowest BCUT2D eigenvalue weighted by molar-refractivity contribution is -0.137. The largest absolute Gasteiger partial charge is 0.506 e. The molecule has 0 aliphatic heterocycles. The number of alkyl halides is 3. The van der Waals surface area contributed by atoms with Gasteiger partial charge in [0.05, 0.1) is 16.6 Å². The zero-order valence-corrected chi connectivity index (χ0v) is 12.7. The first kappa shape index (κ1) is 16.6. The van der Waals surface area contributed by atoms with Crippen LogP contribution in [-0.4, -0.2) is 21.3 Å². The lowest BCUT2D eigenvalue weighted by atomic mass is 10.2. The standard InChI is InChI=1S/C15H11F3N4O3/c1-7-11(23)6-10-12(22-25-13(10)19-7)21-14(24)20-9-4-2-3-8(5-9)15(16,17)18/h2-6,23H,1H3,(H2,20,21,22,24). The highest BCUT2D eigenvalue weighted by Gasteiger charge is 2.30. The van der Waals surface area contributed by atoms with Gasteiger partial charge in [-0.1, -0.05) is 11.2 Å². The van der Waals surface area contributed by atoms with Gasteiger partial charge in [-0.05, 0) is 31.2 Å². The van der Waals surface area contributed by atoms with Crippen LogP contribution < -0.4 is 10.6 Å². The maximum absolute atomic E-state index is 12.7. The van der Waals surface area contributed by atoms with Gasteiger partial charge in [0, 0.05) is 5.69 Å². The van der Waals surface area contributed by atoms with E-state index >= 15 is 0 Å². The number of amides is 2. The number of carbonyl (C=O) groups excluding carboxylic acids is 1. The average Bonchev–Trinajstić information content (AvgIpc) is 2.89. The van der Waals surface area contributed by atoms with Crippen LogP contribution in [0, 0.1) is 6.92 Å². The number of anilines is 2. The predicted molar refractivity (Wildman–Crippen MR) is 82.3 cm³/mol. The molecule has 130 valence electrons. The summed E-state index contributed by atoms with van der Waals surface area (Å²) in [5, 5.41) is 18.1. The second-order valence-corrected chi connectivity index (χ2v) is 5.13. The number of aryl methyl sites for hydroxylation is 1. The molecular weight excluding hydrogens is 341 g/mol. The van der Waals surface area contributed by atoms with Crippen molar-refractivity contribution < 1.29 is 27.6 Å². The van der Waals surface area contributed by atoms with Crippen LogP contribution in [0.1, 0.15) is 11.3 Å². The third kappa shape index (κ3) is 3.47. The molecule has 0 atom stereocenters. The molecule has 2 heterocycles. The molecule has 1 aromatic carbocycles. The lowest BCUT2D eigenvalue weighted by Crippen LogP contribution is -2.20. The summed E-state index contributed by atoms with van der Waals surface area (Å²) in [4.78, 5) is 15.9. The van der Waals surface area contributed by atoms with Gasteiger partial charge in [0.2, 0.25) is 0 Å². The number of hydrogen-bond donors (Lipinski definition) is 3. The van der Waals surface area contributed by atoms with Crippen LogP contribution in [0.15, 0.2) is 34.9 Å². The molecule has 7 nitrogen and oxygen atoms in total. The minimum atomic E-state index is -4.52. The van der Waals surface area contributed by atoms with Gasteiger partial charge in [-0.2, -0.15) is 13.2 Å². The average molecular weight is 352 g/mol. The number of carbonyl (C=O) groups is 1. The van der Waals surface area contributed by atoms with Gasteiger partial charge in [0.25, 0.3) is 5.71 Å². The molecule has 0 radical (unpaired) electrons. The van der Waals surface area contributed by atoms with Gasteiger partial charge in [0.1, 0.15) is 5.75 Å². The number of nitrogens with one attached hydrogen (secondary N) is 2. The first-order valence-corrected chi connectivity index (χ1v) is 6.95. The van der Waals surface area contributed by atoms with Crippen LogP contribution in [-0.2, 0) is 6.18 Å². The van der Waals surface area contributed by atoms with E-state index in [1.165, 1.54) is 18.2 Å². The molecule has 0 saturated heterocycles. The van der Waals surface area contributed by atoms with E-state index in [1.54, 1.807) is 6.92 Å². The Morgan fingerprint density at radius 1 is 1.24 bits per heavy atom. The minimum Gasteiger partial charge on any atom is -0.506 e. The second kappa shape index (κ2) is 5.96. The third-order valence-electron chi connectivity index (χ3n) is 3.31. The lowest BCUT2D eigenvalue weighted by Gasteiger charge is -2.10. The van der Waals surface area contributed by atoms with Crippen molar-refractivity contribution in [1.29, 1.82) is 0 Å². The Bertz CT molecular complexity index is 953. The fourth-order valence-electron chi connectivity index (χ4n) is 2.08. The summed E-state index contributed by atoms with van der Waals surface area (Å²) in [6, 6.07) is 4.67.